The second-order valence-electron chi connectivity index (χ2n) is 5.90. The summed E-state index contributed by atoms with van der Waals surface area (Å²) in [7, 11) is 0. The molecule has 2 heteroatoms. The number of hydrogen-bond donors (Lipinski definition) is 1. The molecule has 0 amide bonds. The van der Waals surface area contributed by atoms with E-state index in [2.05, 4.69) is 45.0 Å². The number of carboxylic acids is 1. The molecule has 2 aromatic rings. The molecule has 0 aliphatic rings. The minimum atomic E-state index is -0.853. The number of benzene rings is 2. The Hall–Kier alpha value is -2.09. The van der Waals surface area contributed by atoms with Crippen LogP contribution in [0.15, 0.2) is 48.5 Å². The van der Waals surface area contributed by atoms with Crippen molar-refractivity contribution in [2.45, 2.75) is 39.0 Å². The molecule has 1 N–H and O–H groups in total. The van der Waals surface area contributed by atoms with Crippen molar-refractivity contribution in [2.24, 2.45) is 0 Å². The van der Waals surface area contributed by atoms with Gasteiger partial charge in [-0.3, -0.25) is 0 Å². The summed E-state index contributed by atoms with van der Waals surface area (Å²) in [5.41, 5.74) is 3.89. The molecule has 2 nitrogen and oxygen atoms in total. The van der Waals surface area contributed by atoms with Gasteiger partial charge in [-0.15, -0.1) is 0 Å². The Balaban J connectivity index is 2.24. The first-order valence-corrected chi connectivity index (χ1v) is 7.40. The highest BCUT2D eigenvalue weighted by atomic mass is 16.4. The molecule has 21 heavy (non-hydrogen) atoms. The maximum Gasteiger partial charge on any atom is 0.335 e. The van der Waals surface area contributed by atoms with Crippen LogP contribution in [0.3, 0.4) is 0 Å². The monoisotopic (exact) mass is 282 g/mol. The number of aromatic carboxylic acids is 1. The lowest BCUT2D eigenvalue weighted by Gasteiger charge is -2.16. The van der Waals surface area contributed by atoms with Crippen LogP contribution < -0.4 is 0 Å². The van der Waals surface area contributed by atoms with Crippen LogP contribution in [0.4, 0.5) is 0 Å². The Morgan fingerprint density at radius 2 is 1.76 bits per heavy atom. The molecule has 110 valence electrons. The van der Waals surface area contributed by atoms with Gasteiger partial charge in [0.15, 0.2) is 0 Å². The van der Waals surface area contributed by atoms with Gasteiger partial charge in [0, 0.05) is 0 Å². The molecule has 0 saturated carbocycles. The first-order valence-electron chi connectivity index (χ1n) is 7.40. The molecule has 0 radical (unpaired) electrons. The number of rotatable bonds is 5. The lowest BCUT2D eigenvalue weighted by atomic mass is 9.89. The summed E-state index contributed by atoms with van der Waals surface area (Å²) in [5.74, 6) is -0.167. The molecule has 1 atom stereocenters. The van der Waals surface area contributed by atoms with Crippen molar-refractivity contribution >= 4 is 5.97 Å². The summed E-state index contributed by atoms with van der Waals surface area (Å²) in [5, 5.41) is 9.30. The van der Waals surface area contributed by atoms with Crippen molar-refractivity contribution in [3.8, 4) is 0 Å². The van der Waals surface area contributed by atoms with Gasteiger partial charge in [0.05, 0.1) is 5.56 Å². The van der Waals surface area contributed by atoms with Crippen molar-refractivity contribution < 1.29 is 9.90 Å². The summed E-state index contributed by atoms with van der Waals surface area (Å²) in [4.78, 5) is 11.3. The highest BCUT2D eigenvalue weighted by molar-refractivity contribution is 5.89. The van der Waals surface area contributed by atoms with Gasteiger partial charge in [-0.25, -0.2) is 4.79 Å². The van der Waals surface area contributed by atoms with Crippen molar-refractivity contribution in [1.29, 1.82) is 0 Å². The largest absolute Gasteiger partial charge is 0.478 e. The van der Waals surface area contributed by atoms with Gasteiger partial charge in [0.1, 0.15) is 0 Å². The van der Waals surface area contributed by atoms with Gasteiger partial charge in [-0.05, 0) is 41.0 Å². The summed E-state index contributed by atoms with van der Waals surface area (Å²) in [6.45, 7) is 6.45. The molecule has 0 aliphatic heterocycles. The summed E-state index contributed by atoms with van der Waals surface area (Å²) in [6, 6.07) is 15.8. The maximum atomic E-state index is 11.3. The van der Waals surface area contributed by atoms with Crippen LogP contribution in [0.2, 0.25) is 0 Å². The van der Waals surface area contributed by atoms with Gasteiger partial charge in [-0.1, -0.05) is 63.2 Å². The molecule has 2 aromatic carbocycles. The summed E-state index contributed by atoms with van der Waals surface area (Å²) in [6.07, 6.45) is 0.852. The van der Waals surface area contributed by atoms with Crippen LogP contribution >= 0.6 is 0 Å². The van der Waals surface area contributed by atoms with E-state index in [1.807, 2.05) is 12.1 Å². The summed E-state index contributed by atoms with van der Waals surface area (Å²) < 4.78 is 0. The van der Waals surface area contributed by atoms with Gasteiger partial charge in [-0.2, -0.15) is 0 Å². The molecule has 0 fully saturated rings. The molecule has 1 unspecified atom stereocenters. The Morgan fingerprint density at radius 1 is 1.05 bits per heavy atom. The molecule has 0 aliphatic carbocycles. The molecular formula is C19H22O2. The van der Waals surface area contributed by atoms with Crippen LogP contribution in [-0.4, -0.2) is 11.1 Å². The van der Waals surface area contributed by atoms with Gasteiger partial charge in [0.2, 0.25) is 0 Å². The van der Waals surface area contributed by atoms with E-state index in [0.29, 0.717) is 11.5 Å². The Bertz CT molecular complexity index is 629. The van der Waals surface area contributed by atoms with Crippen molar-refractivity contribution in [2.75, 3.05) is 0 Å². The Morgan fingerprint density at radius 3 is 2.43 bits per heavy atom. The predicted octanol–water partition coefficient (Wildman–Crippen LogP) is 4.85. The van der Waals surface area contributed by atoms with E-state index in [0.717, 1.165) is 12.0 Å². The van der Waals surface area contributed by atoms with Crippen molar-refractivity contribution in [3.63, 3.8) is 0 Å². The third-order valence-electron chi connectivity index (χ3n) is 3.88. The minimum Gasteiger partial charge on any atom is -0.478 e. The van der Waals surface area contributed by atoms with Crippen molar-refractivity contribution in [3.05, 3.63) is 70.8 Å². The first kappa shape index (κ1) is 15.3. The third kappa shape index (κ3) is 3.72. The normalized spacial score (nSPS) is 12.4. The topological polar surface area (TPSA) is 37.3 Å². The first-order chi connectivity index (χ1) is 9.99. The van der Waals surface area contributed by atoms with Crippen LogP contribution in [0.5, 0.6) is 0 Å². The molecule has 0 bridgehead atoms. The average molecular weight is 282 g/mol. The fourth-order valence-corrected chi connectivity index (χ4v) is 2.66. The standard InChI is InChI=1S/C19H22O2/c1-13(2)16-8-6-7-15(12-16)11-14(3)17-9-4-5-10-18(17)19(20)21/h4-10,12-14H,11H2,1-3H3,(H,20,21). The van der Waals surface area contributed by atoms with E-state index in [1.165, 1.54) is 11.1 Å². The minimum absolute atomic E-state index is 0.180. The zero-order valence-corrected chi connectivity index (χ0v) is 12.8. The second-order valence-corrected chi connectivity index (χ2v) is 5.90. The molecular weight excluding hydrogens is 260 g/mol. The van der Waals surface area contributed by atoms with Crippen LogP contribution in [-0.2, 0) is 6.42 Å². The van der Waals surface area contributed by atoms with E-state index < -0.39 is 5.97 Å². The van der Waals surface area contributed by atoms with Crippen LogP contribution in [0.1, 0.15) is 59.7 Å². The molecule has 0 saturated heterocycles. The SMILES string of the molecule is CC(C)c1cccc(CC(C)c2ccccc2C(=O)O)c1. The van der Waals surface area contributed by atoms with Gasteiger partial charge < -0.3 is 5.11 Å². The molecule has 0 aromatic heterocycles. The van der Waals surface area contributed by atoms with E-state index in [-0.39, 0.29) is 5.92 Å². The average Bonchev–Trinajstić information content (AvgIpc) is 2.47. The number of hydrogen-bond acceptors (Lipinski definition) is 1. The zero-order valence-electron chi connectivity index (χ0n) is 12.8. The van der Waals surface area contributed by atoms with Gasteiger partial charge >= 0.3 is 5.97 Å². The van der Waals surface area contributed by atoms with E-state index in [4.69, 9.17) is 0 Å². The van der Waals surface area contributed by atoms with E-state index >= 15 is 0 Å². The molecule has 0 heterocycles. The van der Waals surface area contributed by atoms with Gasteiger partial charge in [0.25, 0.3) is 0 Å². The van der Waals surface area contributed by atoms with E-state index in [1.54, 1.807) is 12.1 Å². The van der Waals surface area contributed by atoms with Crippen LogP contribution in [0.25, 0.3) is 0 Å². The predicted molar refractivity (Wildman–Crippen MR) is 86.1 cm³/mol. The second kappa shape index (κ2) is 6.57. The maximum absolute atomic E-state index is 11.3. The lowest BCUT2D eigenvalue weighted by molar-refractivity contribution is 0.0695. The smallest absolute Gasteiger partial charge is 0.335 e. The summed E-state index contributed by atoms with van der Waals surface area (Å²) >= 11 is 0. The fourth-order valence-electron chi connectivity index (χ4n) is 2.66. The highest BCUT2D eigenvalue weighted by Crippen LogP contribution is 2.25. The number of carboxylic acid groups (broad SMARTS) is 1. The molecule has 2 rings (SSSR count). The fraction of sp³-hybridized carbons (Fsp3) is 0.316. The van der Waals surface area contributed by atoms with Crippen molar-refractivity contribution in [1.82, 2.24) is 0 Å². The van der Waals surface area contributed by atoms with E-state index in [9.17, 15) is 9.90 Å². The zero-order chi connectivity index (χ0) is 15.4. The quantitative estimate of drug-likeness (QED) is 0.850. The number of carbonyl (C=O) groups is 1. The Kier molecular flexibility index (Phi) is 4.79. The Labute approximate surface area is 126 Å². The lowest BCUT2D eigenvalue weighted by Crippen LogP contribution is -2.07. The third-order valence-corrected chi connectivity index (χ3v) is 3.88. The highest BCUT2D eigenvalue weighted by Gasteiger charge is 2.15. The van der Waals surface area contributed by atoms with Crippen LogP contribution in [0, 0.1) is 0 Å². The molecule has 0 spiro atoms.